The van der Waals surface area contributed by atoms with Crippen LogP contribution in [-0.2, 0) is 55.6 Å². The first-order valence-corrected chi connectivity index (χ1v) is 15.6. The molecule has 0 radical (unpaired) electrons. The smallest absolute Gasteiger partial charge is 0.335 e. The Bertz CT molecular complexity index is 1710. The Morgan fingerprint density at radius 3 is 1.76 bits per heavy atom. The number of carboxylic acids is 3. The van der Waals surface area contributed by atoms with Gasteiger partial charge in [-0.3, -0.25) is 4.79 Å². The number of hydrogen-bond donors (Lipinski definition) is 6. The van der Waals surface area contributed by atoms with E-state index in [0.29, 0.717) is 24.8 Å². The van der Waals surface area contributed by atoms with Crippen LogP contribution in [0.2, 0.25) is 0 Å². The molecule has 1 heterocycles. The molecule has 3 aliphatic rings. The number of hydrogen-bond acceptors (Lipinski definition) is 7. The Labute approximate surface area is 299 Å². The second kappa shape index (κ2) is 19.7. The first-order valence-electron chi connectivity index (χ1n) is 15.6. The standard InChI is InChI=1S/2C11H12O3.C11H8O3.C4H8O.CH3.Pd/c3*12-10-4-3-7-5-9(11(13)14)2-1-8(7)6-10;1-2-4-5-3-1;;/h3-4,6,9,12H,1-2,5H2,(H,13,14);1-2,5,10,12H,3-4,6H2,(H,13,14);1-6,12H,(H,13,14);1-4H2;1H3;/q;;;;-1;. The number of phenolic OH excluding ortho intramolecular Hbond substituents is 2. The van der Waals surface area contributed by atoms with E-state index in [2.05, 4.69) is 0 Å². The monoisotopic (exact) mass is 765 g/mol. The molecule has 10 nitrogen and oxygen atoms in total. The fourth-order valence-corrected chi connectivity index (χ4v) is 5.70. The predicted octanol–water partition coefficient (Wildman–Crippen LogP) is 6.30. The van der Waals surface area contributed by atoms with Crippen molar-refractivity contribution in [3.8, 4) is 11.5 Å². The van der Waals surface area contributed by atoms with Crippen LogP contribution in [0.3, 0.4) is 0 Å². The number of fused-ring (bicyclic) bond motifs is 3. The molecule has 0 spiro atoms. The van der Waals surface area contributed by atoms with E-state index in [1.54, 1.807) is 54.6 Å². The van der Waals surface area contributed by atoms with Gasteiger partial charge in [0.2, 0.25) is 0 Å². The molecule has 4 aromatic carbocycles. The number of carbonyl (C=O) groups is 3. The van der Waals surface area contributed by atoms with Crippen LogP contribution in [0.1, 0.15) is 68.7 Å². The molecule has 49 heavy (non-hydrogen) atoms. The molecule has 11 heteroatoms. The fraction of sp³-hybridized carbons (Fsp3) is 0.316. The molecule has 0 aromatic heterocycles. The number of carboxylic acid groups (broad SMARTS) is 3. The van der Waals surface area contributed by atoms with Crippen molar-refractivity contribution in [3.05, 3.63) is 114 Å². The van der Waals surface area contributed by atoms with Gasteiger partial charge in [0, 0.05) is 33.6 Å². The molecule has 7 rings (SSSR count). The average molecular weight is 766 g/mol. The summed E-state index contributed by atoms with van der Waals surface area (Å²) in [5.41, 5.74) is 4.87. The summed E-state index contributed by atoms with van der Waals surface area (Å²) < 4.78 is 4.94. The SMILES string of the molecule is C1CCOC1.O=C(O)C1CCc2cc(O)ccc2C1.O=C(O)c1ccc2c(c1)CCC(O)C2.O=C(O)c1ccc2cc(O)ccc2c1.[CH3-].[Pd]. The molecule has 1 saturated heterocycles. The van der Waals surface area contributed by atoms with Crippen molar-refractivity contribution in [1.29, 1.82) is 0 Å². The number of aromatic carboxylic acids is 2. The number of benzene rings is 4. The van der Waals surface area contributed by atoms with Crippen molar-refractivity contribution in [2.45, 2.75) is 57.5 Å². The molecular formula is C38H43O10Pd-. The van der Waals surface area contributed by atoms with Crippen molar-refractivity contribution in [1.82, 2.24) is 0 Å². The quantitative estimate of drug-likeness (QED) is 0.102. The molecule has 0 bridgehead atoms. The normalized spacial score (nSPS) is 16.9. The number of rotatable bonds is 3. The van der Waals surface area contributed by atoms with Gasteiger partial charge in [0.1, 0.15) is 11.5 Å². The first kappa shape index (κ1) is 40.9. The van der Waals surface area contributed by atoms with Gasteiger partial charge < -0.3 is 42.8 Å². The largest absolute Gasteiger partial charge is 0.508 e. The van der Waals surface area contributed by atoms with Crippen molar-refractivity contribution in [2.24, 2.45) is 5.92 Å². The third-order valence-electron chi connectivity index (χ3n) is 8.32. The Hall–Kier alpha value is -4.27. The van der Waals surface area contributed by atoms with Crippen LogP contribution < -0.4 is 0 Å². The van der Waals surface area contributed by atoms with Gasteiger partial charge in [-0.2, -0.15) is 0 Å². The second-order valence-electron chi connectivity index (χ2n) is 11.8. The van der Waals surface area contributed by atoms with Gasteiger partial charge in [0.25, 0.3) is 0 Å². The summed E-state index contributed by atoms with van der Waals surface area (Å²) in [6.07, 6.45) is 6.46. The molecule has 0 saturated carbocycles. The van der Waals surface area contributed by atoms with Gasteiger partial charge in [-0.1, -0.05) is 24.3 Å². The minimum Gasteiger partial charge on any atom is -0.508 e. The minimum atomic E-state index is -0.944. The summed E-state index contributed by atoms with van der Waals surface area (Å²) in [5, 5.41) is 55.9. The number of ether oxygens (including phenoxy) is 1. The number of aromatic hydroxyl groups is 2. The Kier molecular flexibility index (Phi) is 16.4. The van der Waals surface area contributed by atoms with Crippen LogP contribution in [0.5, 0.6) is 11.5 Å². The number of aliphatic hydroxyl groups is 1. The maximum absolute atomic E-state index is 10.8. The summed E-state index contributed by atoms with van der Waals surface area (Å²) in [6.45, 7) is 2.00. The van der Waals surface area contributed by atoms with Crippen molar-refractivity contribution in [3.63, 3.8) is 0 Å². The van der Waals surface area contributed by atoms with E-state index in [1.165, 1.54) is 25.0 Å². The Balaban J connectivity index is 0.000000233. The molecule has 0 amide bonds. The van der Waals surface area contributed by atoms with Crippen LogP contribution in [0.15, 0.2) is 72.8 Å². The first-order chi connectivity index (χ1) is 22.5. The number of aliphatic hydroxyl groups excluding tert-OH is 1. The van der Waals surface area contributed by atoms with Gasteiger partial charge >= 0.3 is 17.9 Å². The Morgan fingerprint density at radius 2 is 1.12 bits per heavy atom. The van der Waals surface area contributed by atoms with Crippen LogP contribution in [0.25, 0.3) is 10.8 Å². The third kappa shape index (κ3) is 12.3. The molecule has 1 fully saturated rings. The molecular weight excluding hydrogens is 723 g/mol. The summed E-state index contributed by atoms with van der Waals surface area (Å²) in [7, 11) is 0. The molecule has 4 aromatic rings. The number of aryl methyl sites for hydroxylation is 2. The van der Waals surface area contributed by atoms with Crippen molar-refractivity contribution >= 4 is 28.7 Å². The number of phenols is 2. The van der Waals surface area contributed by atoms with Crippen molar-refractivity contribution in [2.75, 3.05) is 13.2 Å². The van der Waals surface area contributed by atoms with E-state index in [9.17, 15) is 29.7 Å². The van der Waals surface area contributed by atoms with Crippen LogP contribution in [-0.4, -0.2) is 67.9 Å². The van der Waals surface area contributed by atoms with Gasteiger partial charge in [0.05, 0.1) is 23.1 Å². The molecule has 266 valence electrons. The zero-order chi connectivity index (χ0) is 33.9. The molecule has 2 unspecified atom stereocenters. The van der Waals surface area contributed by atoms with Crippen molar-refractivity contribution < 1.29 is 70.2 Å². The third-order valence-corrected chi connectivity index (χ3v) is 8.32. The predicted molar refractivity (Wildman–Crippen MR) is 182 cm³/mol. The Morgan fingerprint density at radius 1 is 0.612 bits per heavy atom. The average Bonchev–Trinajstić information content (AvgIpc) is 3.65. The molecule has 2 aliphatic carbocycles. The summed E-state index contributed by atoms with van der Waals surface area (Å²) in [5.74, 6) is -2.37. The summed E-state index contributed by atoms with van der Waals surface area (Å²) >= 11 is 0. The molecule has 6 N–H and O–H groups in total. The van der Waals surface area contributed by atoms with E-state index in [4.69, 9.17) is 20.1 Å². The number of aliphatic carboxylic acids is 1. The summed E-state index contributed by atoms with van der Waals surface area (Å²) in [4.78, 5) is 32.1. The van der Waals surface area contributed by atoms with E-state index < -0.39 is 17.9 Å². The van der Waals surface area contributed by atoms with Crippen LogP contribution >= 0.6 is 0 Å². The van der Waals surface area contributed by atoms with Gasteiger partial charge in [-0.05, 0) is 133 Å². The zero-order valence-corrected chi connectivity index (χ0v) is 28.8. The molecule has 2 atom stereocenters. The topological polar surface area (TPSA) is 182 Å². The van der Waals surface area contributed by atoms with Gasteiger partial charge in [-0.25, -0.2) is 9.59 Å². The minimum absolute atomic E-state index is 0. The molecule has 1 aliphatic heterocycles. The summed E-state index contributed by atoms with van der Waals surface area (Å²) in [6, 6.07) is 19.9. The maximum Gasteiger partial charge on any atom is 0.335 e. The maximum atomic E-state index is 10.8. The van der Waals surface area contributed by atoms with Gasteiger partial charge in [-0.15, -0.1) is 0 Å². The zero-order valence-electron chi connectivity index (χ0n) is 27.3. The second-order valence-corrected chi connectivity index (χ2v) is 11.8. The van der Waals surface area contributed by atoms with Gasteiger partial charge in [0.15, 0.2) is 0 Å². The van der Waals surface area contributed by atoms with E-state index in [-0.39, 0.29) is 56.9 Å². The fourth-order valence-electron chi connectivity index (χ4n) is 5.70. The van der Waals surface area contributed by atoms with E-state index in [0.717, 1.165) is 65.5 Å². The van der Waals surface area contributed by atoms with E-state index in [1.807, 2.05) is 6.07 Å². The van der Waals surface area contributed by atoms with Crippen LogP contribution in [0.4, 0.5) is 0 Å². The van der Waals surface area contributed by atoms with Crippen LogP contribution in [0, 0.1) is 13.3 Å². The van der Waals surface area contributed by atoms with E-state index >= 15 is 0 Å².